The number of hydrogen-bond acceptors (Lipinski definition) is 4. The molecule has 1 aromatic heterocycles. The molecule has 144 valence electrons. The molecule has 28 heavy (non-hydrogen) atoms. The third-order valence-electron chi connectivity index (χ3n) is 6.66. The maximum Gasteiger partial charge on any atom is 0.149 e. The molecule has 2 heterocycles. The molecule has 1 aliphatic heterocycles. The summed E-state index contributed by atoms with van der Waals surface area (Å²) in [6.07, 6.45) is 1.74. The lowest BCUT2D eigenvalue weighted by Gasteiger charge is -2.56. The molecule has 2 aromatic carbocycles. The number of piperidine rings is 1. The smallest absolute Gasteiger partial charge is 0.149 e. The van der Waals surface area contributed by atoms with Crippen LogP contribution in [0.3, 0.4) is 0 Å². The molecule has 0 bridgehead atoms. The molecule has 1 aliphatic carbocycles. The maximum absolute atomic E-state index is 14.3. The van der Waals surface area contributed by atoms with Crippen LogP contribution in [0.1, 0.15) is 23.2 Å². The molecule has 0 saturated carbocycles. The van der Waals surface area contributed by atoms with Gasteiger partial charge in [-0.25, -0.2) is 9.37 Å². The fraction of sp³-hybridized carbons (Fsp3) is 0.348. The van der Waals surface area contributed by atoms with Crippen LogP contribution < -0.4 is 0 Å². The van der Waals surface area contributed by atoms with Gasteiger partial charge in [-0.1, -0.05) is 24.3 Å². The molecular formula is C23H23FN2O2. The van der Waals surface area contributed by atoms with Gasteiger partial charge in [0.25, 0.3) is 0 Å². The second kappa shape index (κ2) is 6.00. The van der Waals surface area contributed by atoms with Gasteiger partial charge >= 0.3 is 0 Å². The van der Waals surface area contributed by atoms with Crippen molar-refractivity contribution in [3.05, 3.63) is 71.2 Å². The zero-order valence-corrected chi connectivity index (χ0v) is 15.8. The quantitative estimate of drug-likeness (QED) is 0.683. The first kappa shape index (κ1) is 17.6. The molecule has 2 atom stereocenters. The highest BCUT2D eigenvalue weighted by atomic mass is 19.1. The number of hydrogen-bond donors (Lipinski definition) is 2. The van der Waals surface area contributed by atoms with E-state index in [1.807, 2.05) is 31.3 Å². The number of phenols is 1. The van der Waals surface area contributed by atoms with E-state index in [2.05, 4.69) is 9.88 Å². The predicted molar refractivity (Wildman–Crippen MR) is 106 cm³/mol. The van der Waals surface area contributed by atoms with Gasteiger partial charge in [0.15, 0.2) is 0 Å². The Morgan fingerprint density at radius 2 is 1.93 bits per heavy atom. The SMILES string of the molecule is CN1CC[C@@]2(c3cccc(O)c3)Cc3nc4c(F)cccc4cc3C[C@]2(O)C1. The Morgan fingerprint density at radius 1 is 1.11 bits per heavy atom. The molecule has 0 unspecified atom stereocenters. The molecule has 5 heteroatoms. The van der Waals surface area contributed by atoms with E-state index in [4.69, 9.17) is 0 Å². The van der Waals surface area contributed by atoms with Gasteiger partial charge in [-0.15, -0.1) is 0 Å². The summed E-state index contributed by atoms with van der Waals surface area (Å²) >= 11 is 0. The highest BCUT2D eigenvalue weighted by Gasteiger charge is 2.57. The molecule has 5 rings (SSSR count). The Hall–Kier alpha value is -2.50. The van der Waals surface area contributed by atoms with Gasteiger partial charge in [0.05, 0.1) is 5.60 Å². The largest absolute Gasteiger partial charge is 0.508 e. The first-order chi connectivity index (χ1) is 13.4. The lowest BCUT2D eigenvalue weighted by molar-refractivity contribution is -0.0976. The average molecular weight is 378 g/mol. The van der Waals surface area contributed by atoms with Crippen molar-refractivity contribution in [2.45, 2.75) is 30.3 Å². The predicted octanol–water partition coefficient (Wildman–Crippen LogP) is 3.18. The molecule has 1 saturated heterocycles. The zero-order chi connectivity index (χ0) is 19.5. The third kappa shape index (κ3) is 2.46. The molecule has 4 nitrogen and oxygen atoms in total. The number of likely N-dealkylation sites (N-methyl/N-ethyl adjacent to an activating group) is 1. The fourth-order valence-electron chi connectivity index (χ4n) is 5.24. The van der Waals surface area contributed by atoms with Gasteiger partial charge < -0.3 is 15.1 Å². The Bertz CT molecular complexity index is 1090. The summed E-state index contributed by atoms with van der Waals surface area (Å²) < 4.78 is 14.3. The Morgan fingerprint density at radius 3 is 2.75 bits per heavy atom. The molecule has 2 N–H and O–H groups in total. The standard InChI is InChI=1S/C23H23FN2O2/c1-26-9-8-22(17-5-3-6-18(27)11-17)13-20-16(12-23(22,28)14-26)10-15-4-2-7-19(24)21(15)25-20/h2-7,10-11,27-28H,8-9,12-14H2,1H3/t22-,23-/m0/s1. The topological polar surface area (TPSA) is 56.6 Å². The highest BCUT2D eigenvalue weighted by molar-refractivity contribution is 5.80. The molecule has 0 radical (unpaired) electrons. The summed E-state index contributed by atoms with van der Waals surface area (Å²) in [4.78, 5) is 6.84. The summed E-state index contributed by atoms with van der Waals surface area (Å²) in [5.74, 6) is -0.132. The molecule has 2 aliphatic rings. The van der Waals surface area contributed by atoms with Crippen molar-refractivity contribution in [3.8, 4) is 5.75 Å². The zero-order valence-electron chi connectivity index (χ0n) is 15.8. The van der Waals surface area contributed by atoms with Crippen LogP contribution in [0.5, 0.6) is 5.75 Å². The number of phenolic OH excluding ortho intramolecular Hbond substituents is 1. The maximum atomic E-state index is 14.3. The van der Waals surface area contributed by atoms with Crippen LogP contribution in [0, 0.1) is 5.82 Å². The second-order valence-electron chi connectivity index (χ2n) is 8.41. The summed E-state index contributed by atoms with van der Waals surface area (Å²) in [5, 5.41) is 22.7. The Balaban J connectivity index is 1.73. The summed E-state index contributed by atoms with van der Waals surface area (Å²) in [7, 11) is 2.02. The van der Waals surface area contributed by atoms with Crippen LogP contribution in [0.4, 0.5) is 4.39 Å². The van der Waals surface area contributed by atoms with Gasteiger partial charge in [-0.2, -0.15) is 0 Å². The first-order valence-corrected chi connectivity index (χ1v) is 9.68. The van der Waals surface area contributed by atoms with Crippen LogP contribution in [0.2, 0.25) is 0 Å². The van der Waals surface area contributed by atoms with Crippen LogP contribution in [-0.4, -0.2) is 45.8 Å². The number of para-hydroxylation sites is 1. The lowest BCUT2D eigenvalue weighted by atomic mass is 9.56. The minimum Gasteiger partial charge on any atom is -0.508 e. The number of β-amino-alcohol motifs (C(OH)–C–C–N with tert-alkyl or cyclic N) is 1. The minimum absolute atomic E-state index is 0.191. The minimum atomic E-state index is -0.983. The van der Waals surface area contributed by atoms with Gasteiger partial charge in [0.1, 0.15) is 17.1 Å². The number of fused-ring (bicyclic) bond motifs is 3. The van der Waals surface area contributed by atoms with Crippen molar-refractivity contribution in [2.75, 3.05) is 20.1 Å². The van der Waals surface area contributed by atoms with E-state index in [0.29, 0.717) is 24.9 Å². The molecule has 3 aromatic rings. The molecule has 0 amide bonds. The first-order valence-electron chi connectivity index (χ1n) is 9.68. The van der Waals surface area contributed by atoms with Gasteiger partial charge in [-0.05, 0) is 55.4 Å². The number of aliphatic hydroxyl groups is 1. The van der Waals surface area contributed by atoms with Crippen molar-refractivity contribution in [2.24, 2.45) is 0 Å². The lowest BCUT2D eigenvalue weighted by Crippen LogP contribution is -2.66. The number of benzene rings is 2. The number of halogens is 1. The van der Waals surface area contributed by atoms with E-state index >= 15 is 0 Å². The average Bonchev–Trinajstić information content (AvgIpc) is 2.65. The highest BCUT2D eigenvalue weighted by Crippen LogP contribution is 2.50. The summed E-state index contributed by atoms with van der Waals surface area (Å²) in [5.41, 5.74) is 1.58. The normalized spacial score (nSPS) is 27.4. The fourth-order valence-corrected chi connectivity index (χ4v) is 5.24. The van der Waals surface area contributed by atoms with Gasteiger partial charge in [0, 0.05) is 35.9 Å². The third-order valence-corrected chi connectivity index (χ3v) is 6.66. The van der Waals surface area contributed by atoms with E-state index in [-0.39, 0.29) is 11.6 Å². The number of rotatable bonds is 1. The Labute approximate surface area is 163 Å². The van der Waals surface area contributed by atoms with E-state index in [1.54, 1.807) is 18.2 Å². The number of likely N-dealkylation sites (tertiary alicyclic amines) is 1. The van der Waals surface area contributed by atoms with Gasteiger partial charge in [0.2, 0.25) is 0 Å². The molecular weight excluding hydrogens is 355 g/mol. The summed E-state index contributed by atoms with van der Waals surface area (Å²) in [6.45, 7) is 1.39. The van der Waals surface area contributed by atoms with Crippen LogP contribution in [-0.2, 0) is 18.3 Å². The number of aromatic nitrogens is 1. The van der Waals surface area contributed by atoms with Crippen LogP contribution in [0.15, 0.2) is 48.5 Å². The van der Waals surface area contributed by atoms with Gasteiger partial charge in [-0.3, -0.25) is 0 Å². The van der Waals surface area contributed by atoms with Crippen molar-refractivity contribution in [3.63, 3.8) is 0 Å². The van der Waals surface area contributed by atoms with Crippen molar-refractivity contribution in [1.82, 2.24) is 9.88 Å². The van der Waals surface area contributed by atoms with E-state index in [1.165, 1.54) is 6.07 Å². The summed E-state index contributed by atoms with van der Waals surface area (Å²) in [6, 6.07) is 14.1. The number of aromatic hydroxyl groups is 1. The molecule has 0 spiro atoms. The number of pyridine rings is 1. The monoisotopic (exact) mass is 378 g/mol. The van der Waals surface area contributed by atoms with E-state index in [0.717, 1.165) is 35.2 Å². The van der Waals surface area contributed by atoms with E-state index < -0.39 is 11.0 Å². The Kier molecular flexibility index (Phi) is 3.77. The van der Waals surface area contributed by atoms with Crippen molar-refractivity contribution in [1.29, 1.82) is 0 Å². The van der Waals surface area contributed by atoms with E-state index in [9.17, 15) is 14.6 Å². The molecule has 1 fully saturated rings. The van der Waals surface area contributed by atoms with Crippen molar-refractivity contribution < 1.29 is 14.6 Å². The number of nitrogens with zero attached hydrogens (tertiary/aromatic N) is 2. The second-order valence-corrected chi connectivity index (χ2v) is 8.41. The van der Waals surface area contributed by atoms with Crippen LogP contribution in [0.25, 0.3) is 10.9 Å². The van der Waals surface area contributed by atoms with Crippen LogP contribution >= 0.6 is 0 Å². The van der Waals surface area contributed by atoms with Crippen molar-refractivity contribution >= 4 is 10.9 Å².